The molecule has 0 aromatic heterocycles. The highest BCUT2D eigenvalue weighted by molar-refractivity contribution is 5.74. The number of hydrogen-bond donors (Lipinski definition) is 1. The maximum atomic E-state index is 12.2. The molecule has 1 N–H and O–H groups in total. The quantitative estimate of drug-likeness (QED) is 0.901. The zero-order valence-electron chi connectivity index (χ0n) is 14.3. The molecule has 2 amide bonds. The number of methoxy groups -OCH3 is 2. The van der Waals surface area contributed by atoms with E-state index in [2.05, 4.69) is 5.32 Å². The first kappa shape index (κ1) is 17.4. The van der Waals surface area contributed by atoms with Crippen LogP contribution in [0.2, 0.25) is 0 Å². The van der Waals surface area contributed by atoms with E-state index in [1.54, 1.807) is 14.2 Å². The van der Waals surface area contributed by atoms with Crippen LogP contribution in [-0.4, -0.2) is 57.0 Å². The summed E-state index contributed by atoms with van der Waals surface area (Å²) in [6.45, 7) is 5.81. The third kappa shape index (κ3) is 4.76. The molecule has 1 aliphatic rings. The van der Waals surface area contributed by atoms with Gasteiger partial charge >= 0.3 is 6.03 Å². The molecule has 1 saturated heterocycles. The van der Waals surface area contributed by atoms with E-state index < -0.39 is 0 Å². The van der Waals surface area contributed by atoms with Crippen molar-refractivity contribution in [2.24, 2.45) is 0 Å². The van der Waals surface area contributed by atoms with Crippen LogP contribution in [0, 0.1) is 0 Å². The predicted octanol–water partition coefficient (Wildman–Crippen LogP) is 2.07. The van der Waals surface area contributed by atoms with Gasteiger partial charge in [-0.3, -0.25) is 0 Å². The highest BCUT2D eigenvalue weighted by atomic mass is 16.5. The fourth-order valence-corrected chi connectivity index (χ4v) is 2.81. The van der Waals surface area contributed by atoms with E-state index >= 15 is 0 Å². The molecule has 128 valence electrons. The minimum absolute atomic E-state index is 0.0347. The molecule has 23 heavy (non-hydrogen) atoms. The molecular weight excluding hydrogens is 296 g/mol. The van der Waals surface area contributed by atoms with E-state index in [0.717, 1.165) is 12.0 Å². The van der Waals surface area contributed by atoms with Gasteiger partial charge in [-0.05, 0) is 38.0 Å². The Hall–Kier alpha value is -1.95. The number of ether oxygens (including phenoxy) is 3. The van der Waals surface area contributed by atoms with Gasteiger partial charge in [-0.1, -0.05) is 6.07 Å². The summed E-state index contributed by atoms with van der Waals surface area (Å²) < 4.78 is 16.1. The number of carbonyl (C=O) groups is 1. The van der Waals surface area contributed by atoms with Crippen LogP contribution >= 0.6 is 0 Å². The zero-order chi connectivity index (χ0) is 16.8. The Morgan fingerprint density at radius 1 is 1.22 bits per heavy atom. The fraction of sp³-hybridized carbons (Fsp3) is 0.588. The third-order valence-corrected chi connectivity index (χ3v) is 3.84. The minimum atomic E-state index is -0.0347. The lowest BCUT2D eigenvalue weighted by Gasteiger charge is -2.35. The highest BCUT2D eigenvalue weighted by Crippen LogP contribution is 2.27. The van der Waals surface area contributed by atoms with Gasteiger partial charge in [0, 0.05) is 19.6 Å². The van der Waals surface area contributed by atoms with Gasteiger partial charge in [0.05, 0.1) is 26.4 Å². The first-order chi connectivity index (χ1) is 11.0. The highest BCUT2D eigenvalue weighted by Gasteiger charge is 2.25. The van der Waals surface area contributed by atoms with E-state index in [4.69, 9.17) is 14.2 Å². The van der Waals surface area contributed by atoms with Gasteiger partial charge in [0.1, 0.15) is 0 Å². The SMILES string of the molecule is COc1ccc(CCNC(=O)N2CC(C)OC(C)C2)cc1OC. The van der Waals surface area contributed by atoms with Crippen molar-refractivity contribution in [1.82, 2.24) is 10.2 Å². The molecule has 2 atom stereocenters. The van der Waals surface area contributed by atoms with Crippen molar-refractivity contribution < 1.29 is 19.0 Å². The van der Waals surface area contributed by atoms with Gasteiger partial charge < -0.3 is 24.4 Å². The van der Waals surface area contributed by atoms with Crippen molar-refractivity contribution in [3.63, 3.8) is 0 Å². The first-order valence-electron chi connectivity index (χ1n) is 7.92. The Labute approximate surface area is 137 Å². The number of amides is 2. The molecule has 0 spiro atoms. The number of nitrogens with one attached hydrogen (secondary N) is 1. The van der Waals surface area contributed by atoms with Crippen LogP contribution < -0.4 is 14.8 Å². The minimum Gasteiger partial charge on any atom is -0.493 e. The number of rotatable bonds is 5. The fourth-order valence-electron chi connectivity index (χ4n) is 2.81. The number of morpholine rings is 1. The molecular formula is C17H26N2O4. The van der Waals surface area contributed by atoms with Crippen molar-refractivity contribution in [2.75, 3.05) is 33.9 Å². The van der Waals surface area contributed by atoms with Crippen molar-refractivity contribution in [1.29, 1.82) is 0 Å². The molecule has 6 nitrogen and oxygen atoms in total. The topological polar surface area (TPSA) is 60.0 Å². The van der Waals surface area contributed by atoms with Crippen molar-refractivity contribution in [3.8, 4) is 11.5 Å². The number of benzene rings is 1. The Balaban J connectivity index is 1.83. The van der Waals surface area contributed by atoms with E-state index in [9.17, 15) is 4.79 Å². The molecule has 1 heterocycles. The molecule has 0 bridgehead atoms. The van der Waals surface area contributed by atoms with Crippen molar-refractivity contribution >= 4 is 6.03 Å². The average Bonchev–Trinajstić information content (AvgIpc) is 2.53. The normalized spacial score (nSPS) is 21.0. The van der Waals surface area contributed by atoms with Gasteiger partial charge in [-0.15, -0.1) is 0 Å². The molecule has 1 fully saturated rings. The van der Waals surface area contributed by atoms with E-state index in [0.29, 0.717) is 31.1 Å². The van der Waals surface area contributed by atoms with Crippen molar-refractivity contribution in [2.45, 2.75) is 32.5 Å². The number of carbonyl (C=O) groups excluding carboxylic acids is 1. The van der Waals surface area contributed by atoms with Crippen LogP contribution in [0.1, 0.15) is 19.4 Å². The second-order valence-corrected chi connectivity index (χ2v) is 5.83. The average molecular weight is 322 g/mol. The molecule has 0 saturated carbocycles. The van der Waals surface area contributed by atoms with Gasteiger partial charge in [-0.2, -0.15) is 0 Å². The van der Waals surface area contributed by atoms with Crippen LogP contribution in [0.25, 0.3) is 0 Å². The zero-order valence-corrected chi connectivity index (χ0v) is 14.3. The first-order valence-corrected chi connectivity index (χ1v) is 7.92. The van der Waals surface area contributed by atoms with Gasteiger partial charge in [-0.25, -0.2) is 4.79 Å². The largest absolute Gasteiger partial charge is 0.493 e. The molecule has 2 unspecified atom stereocenters. The monoisotopic (exact) mass is 322 g/mol. The van der Waals surface area contributed by atoms with Crippen molar-refractivity contribution in [3.05, 3.63) is 23.8 Å². The van der Waals surface area contributed by atoms with Crippen LogP contribution in [0.4, 0.5) is 4.79 Å². The molecule has 0 aliphatic carbocycles. The van der Waals surface area contributed by atoms with Crippen LogP contribution in [0.3, 0.4) is 0 Å². The van der Waals surface area contributed by atoms with Crippen LogP contribution in [0.15, 0.2) is 18.2 Å². The Bertz CT molecular complexity index is 525. The van der Waals surface area contributed by atoms with E-state index in [-0.39, 0.29) is 18.2 Å². The summed E-state index contributed by atoms with van der Waals surface area (Å²) in [6, 6.07) is 5.75. The second-order valence-electron chi connectivity index (χ2n) is 5.83. The summed E-state index contributed by atoms with van der Waals surface area (Å²) in [5.41, 5.74) is 1.09. The lowest BCUT2D eigenvalue weighted by Crippen LogP contribution is -2.51. The van der Waals surface area contributed by atoms with E-state index in [1.807, 2.05) is 36.9 Å². The molecule has 1 aromatic carbocycles. The summed E-state index contributed by atoms with van der Waals surface area (Å²) in [4.78, 5) is 14.0. The molecule has 1 aromatic rings. The number of nitrogens with zero attached hydrogens (tertiary/aromatic N) is 1. The number of hydrogen-bond acceptors (Lipinski definition) is 4. The lowest BCUT2D eigenvalue weighted by molar-refractivity contribution is -0.0544. The Kier molecular flexibility index (Phi) is 6.10. The standard InChI is InChI=1S/C17H26N2O4/c1-12-10-19(11-13(2)23-12)17(20)18-8-7-14-5-6-15(21-3)16(9-14)22-4/h5-6,9,12-13H,7-8,10-11H2,1-4H3,(H,18,20). The Morgan fingerprint density at radius 3 is 2.48 bits per heavy atom. The maximum absolute atomic E-state index is 12.2. The van der Waals surface area contributed by atoms with Gasteiger partial charge in [0.25, 0.3) is 0 Å². The summed E-state index contributed by atoms with van der Waals surface area (Å²) in [6.07, 6.45) is 0.896. The summed E-state index contributed by atoms with van der Waals surface area (Å²) >= 11 is 0. The number of urea groups is 1. The van der Waals surface area contributed by atoms with Gasteiger partial charge in [0.15, 0.2) is 11.5 Å². The van der Waals surface area contributed by atoms with Crippen LogP contribution in [0.5, 0.6) is 11.5 Å². The van der Waals surface area contributed by atoms with Crippen LogP contribution in [-0.2, 0) is 11.2 Å². The molecule has 2 rings (SSSR count). The van der Waals surface area contributed by atoms with E-state index in [1.165, 1.54) is 0 Å². The third-order valence-electron chi connectivity index (χ3n) is 3.84. The Morgan fingerprint density at radius 2 is 1.87 bits per heavy atom. The summed E-state index contributed by atoms with van der Waals surface area (Å²) in [5.74, 6) is 1.41. The molecule has 1 aliphatic heterocycles. The molecule has 6 heteroatoms. The summed E-state index contributed by atoms with van der Waals surface area (Å²) in [7, 11) is 3.23. The van der Waals surface area contributed by atoms with Gasteiger partial charge in [0.2, 0.25) is 0 Å². The lowest BCUT2D eigenvalue weighted by atomic mass is 10.1. The second kappa shape index (κ2) is 8.06. The molecule has 0 radical (unpaired) electrons. The predicted molar refractivity (Wildman–Crippen MR) is 88.2 cm³/mol. The summed E-state index contributed by atoms with van der Waals surface area (Å²) in [5, 5.41) is 2.97. The maximum Gasteiger partial charge on any atom is 0.317 e. The smallest absolute Gasteiger partial charge is 0.317 e.